The molecule has 0 aliphatic carbocycles. The van der Waals surface area contributed by atoms with Gasteiger partial charge in [-0.2, -0.15) is 8.78 Å². The summed E-state index contributed by atoms with van der Waals surface area (Å²) in [5.41, 5.74) is 7.51. The quantitative estimate of drug-likeness (QED) is 0.722. The number of rotatable bonds is 2. The van der Waals surface area contributed by atoms with Crippen molar-refractivity contribution in [3.63, 3.8) is 0 Å². The van der Waals surface area contributed by atoms with E-state index >= 15 is 0 Å². The topological polar surface area (TPSA) is 35.2 Å². The average molecular weight is 187 g/mol. The predicted octanol–water partition coefficient (Wildman–Crippen LogP) is 2.49. The fourth-order valence-electron chi connectivity index (χ4n) is 1.03. The van der Waals surface area contributed by atoms with Gasteiger partial charge in [0.2, 0.25) is 0 Å². The molecule has 72 valence electrons. The van der Waals surface area contributed by atoms with Crippen molar-refractivity contribution >= 4 is 5.69 Å². The number of benzene rings is 1. The molecule has 4 heteroatoms. The van der Waals surface area contributed by atoms with Gasteiger partial charge in [-0.3, -0.25) is 0 Å². The molecule has 0 radical (unpaired) electrons. The van der Waals surface area contributed by atoms with E-state index in [1.807, 2.05) is 0 Å². The smallest absolute Gasteiger partial charge is 0.387 e. The van der Waals surface area contributed by atoms with Crippen LogP contribution in [0.1, 0.15) is 11.1 Å². The molecule has 2 N–H and O–H groups in total. The van der Waals surface area contributed by atoms with Crippen molar-refractivity contribution in [1.82, 2.24) is 0 Å². The summed E-state index contributed by atoms with van der Waals surface area (Å²) >= 11 is 0. The zero-order chi connectivity index (χ0) is 10.0. The van der Waals surface area contributed by atoms with Crippen molar-refractivity contribution in [3.8, 4) is 5.75 Å². The van der Waals surface area contributed by atoms with E-state index in [1.54, 1.807) is 19.9 Å². The highest BCUT2D eigenvalue weighted by atomic mass is 19.3. The van der Waals surface area contributed by atoms with Crippen molar-refractivity contribution in [2.24, 2.45) is 0 Å². The molecule has 0 aliphatic heterocycles. The van der Waals surface area contributed by atoms with Gasteiger partial charge in [0.25, 0.3) is 0 Å². The molecule has 0 atom stereocenters. The summed E-state index contributed by atoms with van der Waals surface area (Å²) < 4.78 is 28.1. The first kappa shape index (κ1) is 9.77. The molecule has 1 aromatic rings. The number of ether oxygens (including phenoxy) is 1. The van der Waals surface area contributed by atoms with Crippen LogP contribution in [0.3, 0.4) is 0 Å². The summed E-state index contributed by atoms with van der Waals surface area (Å²) in [6.45, 7) is 0.627. The fourth-order valence-corrected chi connectivity index (χ4v) is 1.03. The third kappa shape index (κ3) is 2.31. The lowest BCUT2D eigenvalue weighted by Crippen LogP contribution is -2.04. The molecule has 0 fully saturated rings. The molecule has 0 bridgehead atoms. The maximum absolute atomic E-state index is 11.9. The van der Waals surface area contributed by atoms with Crippen molar-refractivity contribution in [2.45, 2.75) is 20.5 Å². The second-order valence-electron chi connectivity index (χ2n) is 2.85. The van der Waals surface area contributed by atoms with E-state index in [1.165, 1.54) is 6.07 Å². The molecule has 0 heterocycles. The molecule has 0 spiro atoms. The van der Waals surface area contributed by atoms with Crippen LogP contribution >= 0.6 is 0 Å². The number of nitrogen functional groups attached to an aromatic ring is 1. The van der Waals surface area contributed by atoms with Crippen molar-refractivity contribution < 1.29 is 13.5 Å². The second kappa shape index (κ2) is 3.60. The normalized spacial score (nSPS) is 10.5. The minimum atomic E-state index is -2.79. The van der Waals surface area contributed by atoms with Gasteiger partial charge in [-0.25, -0.2) is 0 Å². The Hall–Kier alpha value is -1.32. The second-order valence-corrected chi connectivity index (χ2v) is 2.85. The molecule has 0 amide bonds. The molecule has 1 rings (SSSR count). The summed E-state index contributed by atoms with van der Waals surface area (Å²) in [5, 5.41) is 0. The number of aryl methyl sites for hydroxylation is 2. The largest absolute Gasteiger partial charge is 0.435 e. The Balaban J connectivity index is 3.01. The molecule has 13 heavy (non-hydrogen) atoms. The highest BCUT2D eigenvalue weighted by molar-refractivity contribution is 5.53. The third-order valence-corrected chi connectivity index (χ3v) is 1.78. The molecular formula is C9H11F2NO. The van der Waals surface area contributed by atoms with E-state index in [9.17, 15) is 8.78 Å². The summed E-state index contributed by atoms with van der Waals surface area (Å²) in [7, 11) is 0. The average Bonchev–Trinajstić information content (AvgIpc) is 1.99. The zero-order valence-corrected chi connectivity index (χ0v) is 7.47. The molecule has 0 saturated carbocycles. The van der Waals surface area contributed by atoms with Gasteiger partial charge in [-0.05, 0) is 37.1 Å². The number of anilines is 1. The van der Waals surface area contributed by atoms with Crippen LogP contribution in [-0.4, -0.2) is 6.61 Å². The Morgan fingerprint density at radius 3 is 2.38 bits per heavy atom. The predicted molar refractivity (Wildman–Crippen MR) is 47.0 cm³/mol. The van der Waals surface area contributed by atoms with Gasteiger partial charge < -0.3 is 10.5 Å². The third-order valence-electron chi connectivity index (χ3n) is 1.78. The Kier molecular flexibility index (Phi) is 2.70. The lowest BCUT2D eigenvalue weighted by molar-refractivity contribution is -0.0503. The monoisotopic (exact) mass is 187 g/mol. The van der Waals surface area contributed by atoms with E-state index < -0.39 is 6.61 Å². The summed E-state index contributed by atoms with van der Waals surface area (Å²) in [6, 6.07) is 3.13. The number of halogens is 2. The molecular weight excluding hydrogens is 176 g/mol. The van der Waals surface area contributed by atoms with Crippen LogP contribution in [0.4, 0.5) is 14.5 Å². The van der Waals surface area contributed by atoms with Crippen LogP contribution in [-0.2, 0) is 0 Å². The van der Waals surface area contributed by atoms with Crippen LogP contribution in [0, 0.1) is 13.8 Å². The lowest BCUT2D eigenvalue weighted by atomic mass is 10.1. The van der Waals surface area contributed by atoms with Gasteiger partial charge in [0.1, 0.15) is 5.75 Å². The van der Waals surface area contributed by atoms with Crippen LogP contribution < -0.4 is 10.5 Å². The van der Waals surface area contributed by atoms with Crippen LogP contribution in [0.2, 0.25) is 0 Å². The number of alkyl halides is 2. The van der Waals surface area contributed by atoms with E-state index in [0.717, 1.165) is 5.56 Å². The van der Waals surface area contributed by atoms with Gasteiger partial charge in [0.05, 0.1) is 0 Å². The Bertz CT molecular complexity index is 313. The number of hydrogen-bond donors (Lipinski definition) is 1. The Labute approximate surface area is 75.3 Å². The SMILES string of the molecule is Cc1cc(OC(F)F)c(C)cc1N. The standard InChI is InChI=1S/C9H11F2NO/c1-5-4-8(13-9(10)11)6(2)3-7(5)12/h3-4,9H,12H2,1-2H3. The fraction of sp³-hybridized carbons (Fsp3) is 0.333. The Morgan fingerprint density at radius 1 is 1.23 bits per heavy atom. The molecule has 0 unspecified atom stereocenters. The first-order valence-electron chi connectivity index (χ1n) is 3.82. The van der Waals surface area contributed by atoms with Crippen LogP contribution in [0.5, 0.6) is 5.75 Å². The van der Waals surface area contributed by atoms with Crippen molar-refractivity contribution in [1.29, 1.82) is 0 Å². The van der Waals surface area contributed by atoms with Crippen molar-refractivity contribution in [3.05, 3.63) is 23.3 Å². The van der Waals surface area contributed by atoms with Gasteiger partial charge in [-0.1, -0.05) is 0 Å². The van der Waals surface area contributed by atoms with Gasteiger partial charge in [-0.15, -0.1) is 0 Å². The molecule has 0 aliphatic rings. The maximum Gasteiger partial charge on any atom is 0.387 e. The first-order chi connectivity index (χ1) is 6.00. The van der Waals surface area contributed by atoms with Gasteiger partial charge in [0.15, 0.2) is 0 Å². The lowest BCUT2D eigenvalue weighted by Gasteiger charge is -2.10. The highest BCUT2D eigenvalue weighted by Crippen LogP contribution is 2.25. The number of hydrogen-bond acceptors (Lipinski definition) is 2. The minimum absolute atomic E-state index is 0.182. The van der Waals surface area contributed by atoms with Crippen molar-refractivity contribution in [2.75, 3.05) is 5.73 Å². The van der Waals surface area contributed by atoms with Crippen LogP contribution in [0.25, 0.3) is 0 Å². The zero-order valence-electron chi connectivity index (χ0n) is 7.47. The van der Waals surface area contributed by atoms with Crippen LogP contribution in [0.15, 0.2) is 12.1 Å². The number of nitrogens with two attached hydrogens (primary N) is 1. The Morgan fingerprint density at radius 2 is 1.85 bits per heavy atom. The van der Waals surface area contributed by atoms with E-state index in [4.69, 9.17) is 5.73 Å². The van der Waals surface area contributed by atoms with Gasteiger partial charge in [0, 0.05) is 5.69 Å². The van der Waals surface area contributed by atoms with E-state index in [-0.39, 0.29) is 5.75 Å². The van der Waals surface area contributed by atoms with Gasteiger partial charge >= 0.3 is 6.61 Å². The molecule has 0 saturated heterocycles. The first-order valence-corrected chi connectivity index (χ1v) is 3.82. The minimum Gasteiger partial charge on any atom is -0.435 e. The highest BCUT2D eigenvalue weighted by Gasteiger charge is 2.08. The summed E-state index contributed by atoms with van der Waals surface area (Å²) in [6.07, 6.45) is 0. The van der Waals surface area contributed by atoms with E-state index in [2.05, 4.69) is 4.74 Å². The summed E-state index contributed by atoms with van der Waals surface area (Å²) in [5.74, 6) is 0.182. The van der Waals surface area contributed by atoms with E-state index in [0.29, 0.717) is 11.3 Å². The molecule has 1 aromatic carbocycles. The summed E-state index contributed by atoms with van der Waals surface area (Å²) in [4.78, 5) is 0. The molecule has 0 aromatic heterocycles. The maximum atomic E-state index is 11.9. The molecule has 2 nitrogen and oxygen atoms in total.